The van der Waals surface area contributed by atoms with Gasteiger partial charge in [-0.3, -0.25) is 9.59 Å². The van der Waals surface area contributed by atoms with Gasteiger partial charge in [0.15, 0.2) is 5.13 Å². The third kappa shape index (κ3) is 5.05. The molecule has 1 aliphatic rings. The fourth-order valence-corrected chi connectivity index (χ4v) is 4.55. The molecule has 0 saturated carbocycles. The van der Waals surface area contributed by atoms with E-state index in [1.165, 1.54) is 41.2 Å². The fraction of sp³-hybridized carbons (Fsp3) is 0.320. The number of likely N-dealkylation sites (tertiary alicyclic amines) is 1. The highest BCUT2D eigenvalue weighted by Crippen LogP contribution is 2.28. The van der Waals surface area contributed by atoms with Crippen LogP contribution >= 0.6 is 11.3 Å². The number of halogens is 1. The quantitative estimate of drug-likeness (QED) is 0.552. The first-order valence-electron chi connectivity index (χ1n) is 10.8. The molecule has 0 radical (unpaired) electrons. The Bertz CT molecular complexity index is 1090. The van der Waals surface area contributed by atoms with E-state index in [2.05, 4.69) is 48.4 Å². The van der Waals surface area contributed by atoms with Gasteiger partial charge in [-0.25, -0.2) is 9.37 Å². The molecule has 2 aromatic carbocycles. The lowest BCUT2D eigenvalue weighted by Gasteiger charge is -2.31. The van der Waals surface area contributed by atoms with Crippen LogP contribution < -0.4 is 5.32 Å². The van der Waals surface area contributed by atoms with E-state index in [4.69, 9.17) is 0 Å². The highest BCUT2D eigenvalue weighted by molar-refractivity contribution is 7.14. The van der Waals surface area contributed by atoms with E-state index < -0.39 is 0 Å². The molecule has 2 heterocycles. The summed E-state index contributed by atoms with van der Waals surface area (Å²) in [5, 5.41) is 5.47. The molecule has 0 spiro atoms. The van der Waals surface area contributed by atoms with Gasteiger partial charge >= 0.3 is 0 Å². The molecule has 0 aliphatic carbocycles. The molecule has 1 aromatic heterocycles. The van der Waals surface area contributed by atoms with E-state index in [1.807, 2.05) is 5.38 Å². The third-order valence-corrected chi connectivity index (χ3v) is 6.61. The smallest absolute Gasteiger partial charge is 0.253 e. The molecule has 1 aliphatic heterocycles. The molecule has 0 unspecified atom stereocenters. The SMILES string of the molecule is CC(C)c1ccc(-c2csc(NC(=O)C3CCN(C(=O)c4ccc(F)cc4)CC3)n2)cc1. The zero-order valence-electron chi connectivity index (χ0n) is 18.2. The van der Waals surface area contributed by atoms with Crippen molar-refractivity contribution in [1.29, 1.82) is 0 Å². The first-order valence-corrected chi connectivity index (χ1v) is 11.7. The Labute approximate surface area is 191 Å². The predicted molar refractivity (Wildman–Crippen MR) is 125 cm³/mol. The molecular formula is C25H26FN3O2S. The van der Waals surface area contributed by atoms with Crippen LogP contribution in [0, 0.1) is 11.7 Å². The number of hydrogen-bond donors (Lipinski definition) is 1. The zero-order valence-corrected chi connectivity index (χ0v) is 19.0. The zero-order chi connectivity index (χ0) is 22.7. The number of nitrogens with zero attached hydrogens (tertiary/aromatic N) is 2. The van der Waals surface area contributed by atoms with E-state index in [1.54, 1.807) is 4.90 Å². The Balaban J connectivity index is 1.31. The lowest BCUT2D eigenvalue weighted by Crippen LogP contribution is -2.41. The van der Waals surface area contributed by atoms with Crippen molar-refractivity contribution in [1.82, 2.24) is 9.88 Å². The number of nitrogens with one attached hydrogen (secondary N) is 1. The van der Waals surface area contributed by atoms with Gasteiger partial charge in [-0.15, -0.1) is 11.3 Å². The van der Waals surface area contributed by atoms with Gasteiger partial charge in [0.1, 0.15) is 5.82 Å². The standard InChI is InChI=1S/C25H26FN3O2S/c1-16(2)17-3-5-18(6-4-17)22-15-32-25(27-22)28-23(30)19-11-13-29(14-12-19)24(31)20-7-9-21(26)10-8-20/h3-10,15-16,19H,11-14H2,1-2H3,(H,27,28,30). The number of rotatable bonds is 5. The highest BCUT2D eigenvalue weighted by atomic mass is 32.1. The first-order chi connectivity index (χ1) is 15.4. The molecule has 7 heteroatoms. The van der Waals surface area contributed by atoms with Crippen LogP contribution in [-0.4, -0.2) is 34.8 Å². The summed E-state index contributed by atoms with van der Waals surface area (Å²) < 4.78 is 13.1. The average Bonchev–Trinajstić information content (AvgIpc) is 3.27. The van der Waals surface area contributed by atoms with Gasteiger partial charge in [0.2, 0.25) is 5.91 Å². The number of hydrogen-bond acceptors (Lipinski definition) is 4. The maximum Gasteiger partial charge on any atom is 0.253 e. The topological polar surface area (TPSA) is 62.3 Å². The van der Waals surface area contributed by atoms with E-state index in [-0.39, 0.29) is 23.5 Å². The highest BCUT2D eigenvalue weighted by Gasteiger charge is 2.28. The van der Waals surface area contributed by atoms with Gasteiger partial charge in [0.25, 0.3) is 5.91 Å². The number of anilines is 1. The number of benzene rings is 2. The largest absolute Gasteiger partial charge is 0.339 e. The van der Waals surface area contributed by atoms with Crippen molar-refractivity contribution < 1.29 is 14.0 Å². The Morgan fingerprint density at radius 1 is 1.06 bits per heavy atom. The summed E-state index contributed by atoms with van der Waals surface area (Å²) in [7, 11) is 0. The van der Waals surface area contributed by atoms with Crippen LogP contribution in [0.15, 0.2) is 53.9 Å². The Morgan fingerprint density at radius 3 is 2.34 bits per heavy atom. The summed E-state index contributed by atoms with van der Waals surface area (Å²) in [6.07, 6.45) is 1.18. The predicted octanol–water partition coefficient (Wildman–Crippen LogP) is 5.56. The second kappa shape index (κ2) is 9.61. The van der Waals surface area contributed by atoms with Crippen LogP contribution in [0.1, 0.15) is 48.5 Å². The normalized spacial score (nSPS) is 14.6. The minimum absolute atomic E-state index is 0.0602. The van der Waals surface area contributed by atoms with Crippen molar-refractivity contribution in [3.63, 3.8) is 0 Å². The van der Waals surface area contributed by atoms with Crippen LogP contribution in [0.3, 0.4) is 0 Å². The van der Waals surface area contributed by atoms with Gasteiger partial charge < -0.3 is 10.2 Å². The minimum atomic E-state index is -0.366. The van der Waals surface area contributed by atoms with Crippen LogP contribution in [0.4, 0.5) is 9.52 Å². The molecule has 1 N–H and O–H groups in total. The molecule has 0 bridgehead atoms. The molecule has 32 heavy (non-hydrogen) atoms. The molecule has 2 amide bonds. The maximum absolute atomic E-state index is 13.1. The first kappa shape index (κ1) is 22.1. The van der Waals surface area contributed by atoms with Gasteiger partial charge in [-0.05, 0) is 48.6 Å². The molecular weight excluding hydrogens is 425 g/mol. The second-order valence-electron chi connectivity index (χ2n) is 8.38. The van der Waals surface area contributed by atoms with Crippen molar-refractivity contribution in [2.75, 3.05) is 18.4 Å². The average molecular weight is 452 g/mol. The summed E-state index contributed by atoms with van der Waals surface area (Å²) in [5.41, 5.74) is 3.62. The second-order valence-corrected chi connectivity index (χ2v) is 9.24. The number of amides is 2. The molecule has 1 saturated heterocycles. The van der Waals surface area contributed by atoms with Gasteiger partial charge in [-0.1, -0.05) is 38.1 Å². The Hall–Kier alpha value is -3.06. The van der Waals surface area contributed by atoms with Crippen LogP contribution in [0.25, 0.3) is 11.3 Å². The van der Waals surface area contributed by atoms with Crippen molar-refractivity contribution in [3.8, 4) is 11.3 Å². The Morgan fingerprint density at radius 2 is 1.72 bits per heavy atom. The molecule has 4 rings (SSSR count). The fourth-order valence-electron chi connectivity index (χ4n) is 3.83. The lowest BCUT2D eigenvalue weighted by atomic mass is 9.95. The molecule has 5 nitrogen and oxygen atoms in total. The Kier molecular flexibility index (Phi) is 6.65. The van der Waals surface area contributed by atoms with Crippen molar-refractivity contribution >= 4 is 28.3 Å². The number of aromatic nitrogens is 1. The van der Waals surface area contributed by atoms with Crippen molar-refractivity contribution in [3.05, 3.63) is 70.9 Å². The summed E-state index contributed by atoms with van der Waals surface area (Å²) in [6.45, 7) is 5.32. The number of carbonyl (C=O) groups excluding carboxylic acids is 2. The maximum atomic E-state index is 13.1. The van der Waals surface area contributed by atoms with Crippen LogP contribution in [-0.2, 0) is 4.79 Å². The van der Waals surface area contributed by atoms with E-state index >= 15 is 0 Å². The van der Waals surface area contributed by atoms with Gasteiger partial charge in [0, 0.05) is 35.5 Å². The minimum Gasteiger partial charge on any atom is -0.339 e. The summed E-state index contributed by atoms with van der Waals surface area (Å²) in [6, 6.07) is 13.9. The summed E-state index contributed by atoms with van der Waals surface area (Å²) in [4.78, 5) is 31.6. The van der Waals surface area contributed by atoms with Gasteiger partial charge in [-0.2, -0.15) is 0 Å². The molecule has 166 valence electrons. The molecule has 1 fully saturated rings. The summed E-state index contributed by atoms with van der Waals surface area (Å²) in [5.74, 6) is -0.238. The van der Waals surface area contributed by atoms with E-state index in [9.17, 15) is 14.0 Å². The third-order valence-electron chi connectivity index (χ3n) is 5.85. The van der Waals surface area contributed by atoms with E-state index in [0.717, 1.165) is 11.3 Å². The van der Waals surface area contributed by atoms with E-state index in [0.29, 0.717) is 42.5 Å². The van der Waals surface area contributed by atoms with Crippen LogP contribution in [0.5, 0.6) is 0 Å². The van der Waals surface area contributed by atoms with Gasteiger partial charge in [0.05, 0.1) is 5.69 Å². The summed E-state index contributed by atoms with van der Waals surface area (Å²) >= 11 is 1.41. The molecule has 0 atom stereocenters. The van der Waals surface area contributed by atoms with Crippen molar-refractivity contribution in [2.45, 2.75) is 32.6 Å². The monoisotopic (exact) mass is 451 g/mol. The number of carbonyl (C=O) groups is 2. The van der Waals surface area contributed by atoms with Crippen molar-refractivity contribution in [2.24, 2.45) is 5.92 Å². The number of thiazole rings is 1. The van der Waals surface area contributed by atoms with Crippen LogP contribution in [0.2, 0.25) is 0 Å². The lowest BCUT2D eigenvalue weighted by molar-refractivity contribution is -0.121. The number of piperidine rings is 1. The molecule has 3 aromatic rings.